The van der Waals surface area contributed by atoms with Crippen LogP contribution in [0.25, 0.3) is 6.08 Å². The van der Waals surface area contributed by atoms with Crippen molar-refractivity contribution in [3.63, 3.8) is 0 Å². The number of rotatable bonds is 5. The van der Waals surface area contributed by atoms with Crippen LogP contribution in [0.15, 0.2) is 23.8 Å². The van der Waals surface area contributed by atoms with E-state index in [4.69, 9.17) is 11.6 Å². The van der Waals surface area contributed by atoms with Crippen molar-refractivity contribution in [2.45, 2.75) is 27.7 Å². The number of hydrogen-bond donors (Lipinski definition) is 1. The lowest BCUT2D eigenvalue weighted by molar-refractivity contribution is 0.572. The molecule has 0 saturated heterocycles. The highest BCUT2D eigenvalue weighted by molar-refractivity contribution is 6.31. The van der Waals surface area contributed by atoms with Crippen LogP contribution in [0.1, 0.15) is 31.9 Å². The summed E-state index contributed by atoms with van der Waals surface area (Å²) < 4.78 is 0. The summed E-state index contributed by atoms with van der Waals surface area (Å²) in [6.45, 7) is 10.6. The predicted octanol–water partition coefficient (Wildman–Crippen LogP) is 4.30. The van der Waals surface area contributed by atoms with Crippen molar-refractivity contribution in [3.8, 4) is 0 Å². The Hall–Kier alpha value is -0.790. The molecule has 0 bridgehead atoms. The highest BCUT2D eigenvalue weighted by Gasteiger charge is 1.97. The van der Waals surface area contributed by atoms with Crippen LogP contribution in [-0.2, 0) is 0 Å². The highest BCUT2D eigenvalue weighted by atomic mass is 35.5. The molecule has 1 aromatic carbocycles. The van der Waals surface area contributed by atoms with E-state index in [2.05, 4.69) is 44.3 Å². The quantitative estimate of drug-likeness (QED) is 0.823. The van der Waals surface area contributed by atoms with Gasteiger partial charge in [0.15, 0.2) is 0 Å². The average molecular weight is 252 g/mol. The van der Waals surface area contributed by atoms with Gasteiger partial charge in [-0.1, -0.05) is 49.2 Å². The Labute approximate surface area is 110 Å². The Bertz CT molecular complexity index is 394. The molecule has 0 unspecified atom stereocenters. The van der Waals surface area contributed by atoms with Gasteiger partial charge >= 0.3 is 0 Å². The molecular weight excluding hydrogens is 230 g/mol. The molecule has 0 heterocycles. The van der Waals surface area contributed by atoms with Crippen LogP contribution in [0, 0.1) is 12.8 Å². The van der Waals surface area contributed by atoms with Gasteiger partial charge in [-0.3, -0.25) is 0 Å². The number of hydrogen-bond acceptors (Lipinski definition) is 1. The molecule has 1 nitrogen and oxygen atoms in total. The number of benzene rings is 1. The summed E-state index contributed by atoms with van der Waals surface area (Å²) in [6.07, 6.45) is 2.18. The van der Waals surface area contributed by atoms with E-state index >= 15 is 0 Å². The van der Waals surface area contributed by atoms with Gasteiger partial charge in [0.2, 0.25) is 0 Å². The van der Waals surface area contributed by atoms with Crippen LogP contribution in [0.3, 0.4) is 0 Å². The molecule has 2 heteroatoms. The maximum Gasteiger partial charge on any atom is 0.0441 e. The summed E-state index contributed by atoms with van der Waals surface area (Å²) in [6, 6.07) is 6.18. The Morgan fingerprint density at radius 2 is 2.12 bits per heavy atom. The van der Waals surface area contributed by atoms with E-state index in [1.807, 2.05) is 13.0 Å². The second-order valence-corrected chi connectivity index (χ2v) is 5.43. The first kappa shape index (κ1) is 14.3. The summed E-state index contributed by atoms with van der Waals surface area (Å²) in [5.41, 5.74) is 3.62. The average Bonchev–Trinajstić information content (AvgIpc) is 2.23. The third-order valence-corrected chi connectivity index (χ3v) is 2.97. The molecule has 1 aromatic rings. The van der Waals surface area contributed by atoms with Gasteiger partial charge in [-0.25, -0.2) is 0 Å². The van der Waals surface area contributed by atoms with Crippen LogP contribution in [0.2, 0.25) is 5.02 Å². The van der Waals surface area contributed by atoms with Crippen molar-refractivity contribution in [2.24, 2.45) is 5.92 Å². The van der Waals surface area contributed by atoms with Gasteiger partial charge in [-0.05, 0) is 43.5 Å². The first-order chi connectivity index (χ1) is 7.99. The minimum atomic E-state index is 0.691. The van der Waals surface area contributed by atoms with Crippen molar-refractivity contribution in [2.75, 3.05) is 13.1 Å². The molecule has 0 aliphatic rings. The molecule has 0 radical (unpaired) electrons. The zero-order valence-electron chi connectivity index (χ0n) is 11.2. The smallest absolute Gasteiger partial charge is 0.0441 e. The van der Waals surface area contributed by atoms with Gasteiger partial charge in [0, 0.05) is 11.6 Å². The molecule has 0 aliphatic carbocycles. The van der Waals surface area contributed by atoms with Gasteiger partial charge in [0.05, 0.1) is 0 Å². The number of aryl methyl sites for hydroxylation is 1. The molecule has 0 spiro atoms. The molecule has 0 aliphatic heterocycles. The first-order valence-electron chi connectivity index (χ1n) is 6.13. The Morgan fingerprint density at radius 1 is 1.41 bits per heavy atom. The van der Waals surface area contributed by atoms with E-state index in [0.29, 0.717) is 5.92 Å². The lowest BCUT2D eigenvalue weighted by Crippen LogP contribution is -2.21. The van der Waals surface area contributed by atoms with Crippen LogP contribution in [0.5, 0.6) is 0 Å². The largest absolute Gasteiger partial charge is 0.313 e. The van der Waals surface area contributed by atoms with Crippen LogP contribution in [-0.4, -0.2) is 13.1 Å². The molecule has 0 fully saturated rings. The van der Waals surface area contributed by atoms with Crippen molar-refractivity contribution in [1.29, 1.82) is 0 Å². The molecular formula is C15H22ClN. The highest BCUT2D eigenvalue weighted by Crippen LogP contribution is 2.18. The Kier molecular flexibility index (Phi) is 5.73. The first-order valence-corrected chi connectivity index (χ1v) is 6.51. The van der Waals surface area contributed by atoms with Gasteiger partial charge in [-0.2, -0.15) is 0 Å². The second kappa shape index (κ2) is 6.83. The van der Waals surface area contributed by atoms with E-state index in [1.165, 1.54) is 11.1 Å². The summed E-state index contributed by atoms with van der Waals surface area (Å²) in [7, 11) is 0. The number of halogens is 1. The molecule has 94 valence electrons. The van der Waals surface area contributed by atoms with E-state index in [0.717, 1.165) is 23.7 Å². The van der Waals surface area contributed by atoms with Gasteiger partial charge < -0.3 is 5.32 Å². The van der Waals surface area contributed by atoms with Gasteiger partial charge in [0.25, 0.3) is 0 Å². The fourth-order valence-corrected chi connectivity index (χ4v) is 1.78. The third-order valence-electron chi connectivity index (χ3n) is 2.57. The monoisotopic (exact) mass is 251 g/mol. The van der Waals surface area contributed by atoms with Crippen molar-refractivity contribution < 1.29 is 0 Å². The zero-order chi connectivity index (χ0) is 12.8. The molecule has 0 saturated carbocycles. The van der Waals surface area contributed by atoms with Crippen molar-refractivity contribution in [1.82, 2.24) is 5.32 Å². The molecule has 1 rings (SSSR count). The van der Waals surface area contributed by atoms with Gasteiger partial charge in [0.1, 0.15) is 0 Å². The van der Waals surface area contributed by atoms with Crippen molar-refractivity contribution in [3.05, 3.63) is 39.9 Å². The fraction of sp³-hybridized carbons (Fsp3) is 0.467. The molecule has 0 aromatic heterocycles. The summed E-state index contributed by atoms with van der Waals surface area (Å²) in [4.78, 5) is 0. The molecule has 0 atom stereocenters. The van der Waals surface area contributed by atoms with Crippen molar-refractivity contribution >= 4 is 17.7 Å². The van der Waals surface area contributed by atoms with E-state index in [1.54, 1.807) is 0 Å². The standard InChI is InChI=1S/C15H22ClN/c1-11(2)9-17-10-12(3)7-14-6-5-13(4)15(16)8-14/h5-8,11,17H,9-10H2,1-4H3/b12-7+. The summed E-state index contributed by atoms with van der Waals surface area (Å²) in [5.74, 6) is 0.691. The Morgan fingerprint density at radius 3 is 2.71 bits per heavy atom. The topological polar surface area (TPSA) is 12.0 Å². The molecule has 17 heavy (non-hydrogen) atoms. The summed E-state index contributed by atoms with van der Waals surface area (Å²) >= 11 is 6.10. The van der Waals surface area contributed by atoms with Crippen LogP contribution >= 0.6 is 11.6 Å². The third kappa shape index (κ3) is 5.38. The molecule has 1 N–H and O–H groups in total. The van der Waals surface area contributed by atoms with Gasteiger partial charge in [-0.15, -0.1) is 0 Å². The zero-order valence-corrected chi connectivity index (χ0v) is 11.9. The predicted molar refractivity (Wildman–Crippen MR) is 77.5 cm³/mol. The SMILES string of the molecule is C/C(=C\c1ccc(C)c(Cl)c1)CNCC(C)C. The lowest BCUT2D eigenvalue weighted by atomic mass is 10.1. The normalized spacial score (nSPS) is 12.2. The Balaban J connectivity index is 2.58. The minimum Gasteiger partial charge on any atom is -0.313 e. The lowest BCUT2D eigenvalue weighted by Gasteiger charge is -2.08. The maximum absolute atomic E-state index is 6.10. The van der Waals surface area contributed by atoms with E-state index < -0.39 is 0 Å². The fourth-order valence-electron chi connectivity index (χ4n) is 1.59. The second-order valence-electron chi connectivity index (χ2n) is 5.02. The van der Waals surface area contributed by atoms with E-state index in [-0.39, 0.29) is 0 Å². The molecule has 0 amide bonds. The minimum absolute atomic E-state index is 0.691. The summed E-state index contributed by atoms with van der Waals surface area (Å²) in [5, 5.41) is 4.26. The van der Waals surface area contributed by atoms with Crippen LogP contribution < -0.4 is 5.32 Å². The number of nitrogens with one attached hydrogen (secondary N) is 1. The maximum atomic E-state index is 6.10. The van der Waals surface area contributed by atoms with Crippen LogP contribution in [0.4, 0.5) is 0 Å². The van der Waals surface area contributed by atoms with E-state index in [9.17, 15) is 0 Å².